The van der Waals surface area contributed by atoms with E-state index in [2.05, 4.69) is 50.8 Å². The van der Waals surface area contributed by atoms with E-state index in [1.54, 1.807) is 7.05 Å². The third-order valence-electron chi connectivity index (χ3n) is 4.64. The molecule has 0 spiro atoms. The molecule has 1 amide bonds. The van der Waals surface area contributed by atoms with Crippen LogP contribution in [0.1, 0.15) is 10.4 Å². The number of anilines is 2. The van der Waals surface area contributed by atoms with Crippen LogP contribution in [-0.2, 0) is 0 Å². The first-order valence-electron chi connectivity index (χ1n) is 8.85. The van der Waals surface area contributed by atoms with E-state index in [1.165, 1.54) is 5.69 Å². The van der Waals surface area contributed by atoms with E-state index in [-0.39, 0.29) is 5.91 Å². The van der Waals surface area contributed by atoms with E-state index in [1.807, 2.05) is 24.3 Å². The lowest BCUT2D eigenvalue weighted by Crippen LogP contribution is -2.47. The van der Waals surface area contributed by atoms with Crippen molar-refractivity contribution in [1.82, 2.24) is 10.2 Å². The molecule has 2 aromatic rings. The second-order valence-electron chi connectivity index (χ2n) is 6.22. The number of nitrogens with zero attached hydrogens (tertiary/aromatic N) is 2. The zero-order valence-corrected chi connectivity index (χ0v) is 14.7. The molecule has 1 aliphatic rings. The van der Waals surface area contributed by atoms with Crippen LogP contribution in [0, 0.1) is 0 Å². The topological polar surface area (TPSA) is 47.6 Å². The lowest BCUT2D eigenvalue weighted by Gasteiger charge is -2.36. The Balaban J connectivity index is 1.46. The van der Waals surface area contributed by atoms with Crippen LogP contribution in [0.15, 0.2) is 54.6 Å². The summed E-state index contributed by atoms with van der Waals surface area (Å²) in [5, 5.41) is 6.09. The summed E-state index contributed by atoms with van der Waals surface area (Å²) < 4.78 is 0. The number of rotatable bonds is 6. The third-order valence-corrected chi connectivity index (χ3v) is 4.64. The first kappa shape index (κ1) is 17.3. The van der Waals surface area contributed by atoms with Crippen LogP contribution in [0.5, 0.6) is 0 Å². The average molecular weight is 338 g/mol. The fraction of sp³-hybridized carbons (Fsp3) is 0.350. The molecule has 1 fully saturated rings. The van der Waals surface area contributed by atoms with Gasteiger partial charge in [0.15, 0.2) is 0 Å². The van der Waals surface area contributed by atoms with Gasteiger partial charge in [-0.2, -0.15) is 0 Å². The molecule has 0 unspecified atom stereocenters. The molecule has 0 saturated carbocycles. The number of hydrogen-bond donors (Lipinski definition) is 2. The summed E-state index contributed by atoms with van der Waals surface area (Å²) in [6.07, 6.45) is 0. The summed E-state index contributed by atoms with van der Waals surface area (Å²) in [5.74, 6) is -0.0559. The standard InChI is InChI=1S/C20H26N4O/c1-21-20(25)18-9-5-6-10-19(18)22-11-12-23-13-15-24(16-14-23)17-7-3-2-4-8-17/h2-10,22H,11-16H2,1H3,(H,21,25). The summed E-state index contributed by atoms with van der Waals surface area (Å²) in [5.41, 5.74) is 2.89. The number of amides is 1. The molecular weight excluding hydrogens is 312 g/mol. The Kier molecular flexibility index (Phi) is 5.90. The SMILES string of the molecule is CNC(=O)c1ccccc1NCCN1CCN(c2ccccc2)CC1. The third kappa shape index (κ3) is 4.51. The van der Waals surface area contributed by atoms with Crippen molar-refractivity contribution in [2.45, 2.75) is 0 Å². The smallest absolute Gasteiger partial charge is 0.253 e. The van der Waals surface area contributed by atoms with Gasteiger partial charge in [0.1, 0.15) is 0 Å². The molecular formula is C20H26N4O. The van der Waals surface area contributed by atoms with E-state index in [4.69, 9.17) is 0 Å². The number of piperazine rings is 1. The minimum absolute atomic E-state index is 0.0559. The lowest BCUT2D eigenvalue weighted by molar-refractivity contribution is 0.0964. The van der Waals surface area contributed by atoms with Crippen LogP contribution >= 0.6 is 0 Å². The van der Waals surface area contributed by atoms with Gasteiger partial charge >= 0.3 is 0 Å². The van der Waals surface area contributed by atoms with Crippen molar-refractivity contribution < 1.29 is 4.79 Å². The Morgan fingerprint density at radius 1 is 0.960 bits per heavy atom. The Bertz CT molecular complexity index is 681. The average Bonchev–Trinajstić information content (AvgIpc) is 2.69. The van der Waals surface area contributed by atoms with Crippen molar-refractivity contribution >= 4 is 17.3 Å². The Labute approximate surface area is 149 Å². The minimum atomic E-state index is -0.0559. The maximum Gasteiger partial charge on any atom is 0.253 e. The van der Waals surface area contributed by atoms with Crippen LogP contribution < -0.4 is 15.5 Å². The number of nitrogens with one attached hydrogen (secondary N) is 2. The molecule has 0 bridgehead atoms. The van der Waals surface area contributed by atoms with Gasteiger partial charge in [-0.25, -0.2) is 0 Å². The maximum absolute atomic E-state index is 11.9. The van der Waals surface area contributed by atoms with Crippen molar-refractivity contribution in [3.63, 3.8) is 0 Å². The van der Waals surface area contributed by atoms with Gasteiger partial charge in [0, 0.05) is 57.7 Å². The lowest BCUT2D eigenvalue weighted by atomic mass is 10.1. The number of carbonyl (C=O) groups excluding carboxylic acids is 1. The molecule has 0 radical (unpaired) electrons. The van der Waals surface area contributed by atoms with Gasteiger partial charge < -0.3 is 15.5 Å². The minimum Gasteiger partial charge on any atom is -0.383 e. The zero-order valence-electron chi connectivity index (χ0n) is 14.7. The molecule has 1 aliphatic heterocycles. The van der Waals surface area contributed by atoms with Crippen molar-refractivity contribution in [3.8, 4) is 0 Å². The largest absolute Gasteiger partial charge is 0.383 e. The summed E-state index contributed by atoms with van der Waals surface area (Å²) in [7, 11) is 1.66. The van der Waals surface area contributed by atoms with Gasteiger partial charge in [-0.15, -0.1) is 0 Å². The summed E-state index contributed by atoms with van der Waals surface area (Å²) in [4.78, 5) is 16.8. The van der Waals surface area contributed by atoms with Gasteiger partial charge in [0.2, 0.25) is 0 Å². The van der Waals surface area contributed by atoms with Gasteiger partial charge in [-0.3, -0.25) is 9.69 Å². The molecule has 5 nitrogen and oxygen atoms in total. The molecule has 3 rings (SSSR count). The van der Waals surface area contributed by atoms with Crippen molar-refractivity contribution in [2.75, 3.05) is 56.5 Å². The van der Waals surface area contributed by atoms with Gasteiger partial charge in [0.05, 0.1) is 5.56 Å². The van der Waals surface area contributed by atoms with Crippen molar-refractivity contribution in [2.24, 2.45) is 0 Å². The van der Waals surface area contributed by atoms with E-state index in [0.717, 1.165) is 45.0 Å². The number of para-hydroxylation sites is 2. The number of carbonyl (C=O) groups is 1. The Morgan fingerprint density at radius 2 is 1.64 bits per heavy atom. The molecule has 0 atom stereocenters. The first-order chi connectivity index (χ1) is 12.3. The van der Waals surface area contributed by atoms with Crippen LogP contribution in [0.2, 0.25) is 0 Å². The molecule has 0 aliphatic carbocycles. The second kappa shape index (κ2) is 8.53. The van der Waals surface area contributed by atoms with Crippen LogP contribution in [-0.4, -0.2) is 57.1 Å². The first-order valence-corrected chi connectivity index (χ1v) is 8.85. The molecule has 2 aromatic carbocycles. The van der Waals surface area contributed by atoms with E-state index in [9.17, 15) is 4.79 Å². The zero-order chi connectivity index (χ0) is 17.5. The molecule has 5 heteroatoms. The normalized spacial score (nSPS) is 15.0. The molecule has 1 heterocycles. The van der Waals surface area contributed by atoms with Crippen LogP contribution in [0.3, 0.4) is 0 Å². The van der Waals surface area contributed by atoms with Gasteiger partial charge in [-0.05, 0) is 24.3 Å². The second-order valence-corrected chi connectivity index (χ2v) is 6.22. The Morgan fingerprint density at radius 3 is 2.36 bits per heavy atom. The van der Waals surface area contributed by atoms with E-state index < -0.39 is 0 Å². The van der Waals surface area contributed by atoms with Crippen molar-refractivity contribution in [1.29, 1.82) is 0 Å². The molecule has 25 heavy (non-hydrogen) atoms. The summed E-state index contributed by atoms with van der Waals surface area (Å²) >= 11 is 0. The number of hydrogen-bond acceptors (Lipinski definition) is 4. The fourth-order valence-corrected chi connectivity index (χ4v) is 3.19. The van der Waals surface area contributed by atoms with Crippen molar-refractivity contribution in [3.05, 3.63) is 60.2 Å². The highest BCUT2D eigenvalue weighted by molar-refractivity contribution is 5.99. The van der Waals surface area contributed by atoms with Crippen LogP contribution in [0.4, 0.5) is 11.4 Å². The molecule has 0 aromatic heterocycles. The summed E-state index contributed by atoms with van der Waals surface area (Å²) in [6, 6.07) is 18.2. The predicted molar refractivity (Wildman–Crippen MR) is 103 cm³/mol. The maximum atomic E-state index is 11.9. The van der Waals surface area contributed by atoms with E-state index >= 15 is 0 Å². The Hall–Kier alpha value is -2.53. The van der Waals surface area contributed by atoms with Gasteiger partial charge in [0.25, 0.3) is 5.91 Å². The van der Waals surface area contributed by atoms with E-state index in [0.29, 0.717) is 5.56 Å². The number of benzene rings is 2. The summed E-state index contributed by atoms with van der Waals surface area (Å²) in [6.45, 7) is 6.04. The molecule has 2 N–H and O–H groups in total. The van der Waals surface area contributed by atoms with Gasteiger partial charge in [-0.1, -0.05) is 30.3 Å². The monoisotopic (exact) mass is 338 g/mol. The quantitative estimate of drug-likeness (QED) is 0.848. The van der Waals surface area contributed by atoms with Crippen LogP contribution in [0.25, 0.3) is 0 Å². The fourth-order valence-electron chi connectivity index (χ4n) is 3.19. The molecule has 132 valence electrons. The molecule has 1 saturated heterocycles. The predicted octanol–water partition coefficient (Wildman–Crippen LogP) is 2.28. The highest BCUT2D eigenvalue weighted by atomic mass is 16.1. The highest BCUT2D eigenvalue weighted by Gasteiger charge is 2.16. The highest BCUT2D eigenvalue weighted by Crippen LogP contribution is 2.16.